The molecule has 1 aromatic carbocycles. The highest BCUT2D eigenvalue weighted by Gasteiger charge is 2.49. The number of halogens is 3. The Morgan fingerprint density at radius 2 is 2.07 bits per heavy atom. The van der Waals surface area contributed by atoms with E-state index in [1.807, 2.05) is 0 Å². The van der Waals surface area contributed by atoms with Crippen LogP contribution in [0, 0.1) is 0 Å². The van der Waals surface area contributed by atoms with Crippen molar-refractivity contribution in [1.82, 2.24) is 15.1 Å². The number of urea groups is 1. The Bertz CT molecular complexity index is 841. The Morgan fingerprint density at radius 3 is 2.70 bits per heavy atom. The van der Waals surface area contributed by atoms with E-state index in [0.29, 0.717) is 0 Å². The molecule has 0 spiro atoms. The number of alkyl halides is 3. The quantitative estimate of drug-likeness (QED) is 0.708. The molecule has 2 heterocycles. The van der Waals surface area contributed by atoms with E-state index in [1.54, 1.807) is 0 Å². The molecule has 12 heteroatoms. The molecule has 3 amide bonds. The van der Waals surface area contributed by atoms with Gasteiger partial charge in [0.15, 0.2) is 12.2 Å². The zero-order valence-corrected chi connectivity index (χ0v) is 13.8. The highest BCUT2D eigenvalue weighted by Crippen LogP contribution is 2.31. The molecule has 0 radical (unpaired) electrons. The van der Waals surface area contributed by atoms with E-state index in [1.165, 1.54) is 19.2 Å². The van der Waals surface area contributed by atoms with Crippen LogP contribution >= 0.6 is 0 Å². The number of nitrogens with zero attached hydrogens (tertiary/aromatic N) is 3. The summed E-state index contributed by atoms with van der Waals surface area (Å²) in [7, 11) is 1.37. The Balaban J connectivity index is 1.94. The van der Waals surface area contributed by atoms with E-state index in [0.717, 1.165) is 21.9 Å². The normalized spacial score (nSPS) is 22.3. The molecule has 2 atom stereocenters. The van der Waals surface area contributed by atoms with Gasteiger partial charge >= 0.3 is 18.2 Å². The fourth-order valence-electron chi connectivity index (χ4n) is 2.85. The number of imide groups is 1. The molecule has 1 aromatic rings. The SMILES string of the molecule is CN1C(=O)NC(=O)C2C1N=C(Nc1cccc(C(F)(F)F)c1)N2CC(=O)O. The zero-order chi connectivity index (χ0) is 19.9. The summed E-state index contributed by atoms with van der Waals surface area (Å²) in [6.07, 6.45) is -5.56. The van der Waals surface area contributed by atoms with Crippen LogP contribution in [0.2, 0.25) is 0 Å². The summed E-state index contributed by atoms with van der Waals surface area (Å²) in [5.41, 5.74) is -0.898. The number of anilines is 1. The van der Waals surface area contributed by atoms with Crippen molar-refractivity contribution in [3.8, 4) is 0 Å². The van der Waals surface area contributed by atoms with E-state index in [-0.39, 0.29) is 11.6 Å². The Labute approximate surface area is 150 Å². The molecule has 1 saturated heterocycles. The molecule has 144 valence electrons. The molecule has 27 heavy (non-hydrogen) atoms. The number of carbonyl (C=O) groups is 3. The van der Waals surface area contributed by atoms with Crippen LogP contribution in [0.25, 0.3) is 0 Å². The first-order chi connectivity index (χ1) is 12.6. The van der Waals surface area contributed by atoms with Crippen LogP contribution in [0.4, 0.5) is 23.7 Å². The molecular weight excluding hydrogens is 371 g/mol. The van der Waals surface area contributed by atoms with Crippen molar-refractivity contribution in [2.75, 3.05) is 18.9 Å². The number of likely N-dealkylation sites (N-methyl/N-ethyl adjacent to an activating group) is 1. The number of guanidine groups is 1. The predicted octanol–water partition coefficient (Wildman–Crippen LogP) is 0.750. The van der Waals surface area contributed by atoms with Crippen LogP contribution in [-0.4, -0.2) is 64.6 Å². The molecular formula is C15H14F3N5O4. The zero-order valence-electron chi connectivity index (χ0n) is 13.8. The van der Waals surface area contributed by atoms with Gasteiger partial charge in [0.1, 0.15) is 6.54 Å². The number of nitrogens with one attached hydrogen (secondary N) is 2. The molecule has 1 fully saturated rings. The largest absolute Gasteiger partial charge is 0.480 e. The number of fused-ring (bicyclic) bond motifs is 1. The van der Waals surface area contributed by atoms with Gasteiger partial charge in [0.05, 0.1) is 5.56 Å². The van der Waals surface area contributed by atoms with Crippen molar-refractivity contribution in [3.05, 3.63) is 29.8 Å². The Morgan fingerprint density at radius 1 is 1.37 bits per heavy atom. The van der Waals surface area contributed by atoms with Gasteiger partial charge in [0.25, 0.3) is 5.91 Å². The van der Waals surface area contributed by atoms with Crippen molar-refractivity contribution in [2.24, 2.45) is 4.99 Å². The summed E-state index contributed by atoms with van der Waals surface area (Å²) >= 11 is 0. The van der Waals surface area contributed by atoms with Gasteiger partial charge in [-0.15, -0.1) is 0 Å². The monoisotopic (exact) mass is 385 g/mol. The summed E-state index contributed by atoms with van der Waals surface area (Å²) in [6, 6.07) is 2.41. The second-order valence-electron chi connectivity index (χ2n) is 5.94. The van der Waals surface area contributed by atoms with E-state index in [2.05, 4.69) is 15.6 Å². The lowest BCUT2D eigenvalue weighted by Crippen LogP contribution is -2.64. The summed E-state index contributed by atoms with van der Waals surface area (Å²) in [5.74, 6) is -2.14. The van der Waals surface area contributed by atoms with Crippen LogP contribution in [0.3, 0.4) is 0 Å². The highest BCUT2D eigenvalue weighted by molar-refractivity contribution is 6.06. The molecule has 0 bridgehead atoms. The standard InChI is InChI=1S/C15H14F3N5O4/c1-22-11-10(12(26)21-14(22)27)23(6-9(24)25)13(20-11)19-8-4-2-3-7(5-8)15(16,17)18/h2-5,10-11H,6H2,1H3,(H,19,20)(H,24,25)(H,21,26,27). The van der Waals surface area contributed by atoms with Gasteiger partial charge in [0.2, 0.25) is 5.96 Å². The Hall–Kier alpha value is -3.31. The predicted molar refractivity (Wildman–Crippen MR) is 85.7 cm³/mol. The average molecular weight is 385 g/mol. The van der Waals surface area contributed by atoms with E-state index >= 15 is 0 Å². The first-order valence-corrected chi connectivity index (χ1v) is 7.66. The third kappa shape index (κ3) is 3.50. The number of hydrogen-bond acceptors (Lipinski definition) is 6. The number of carboxylic acids is 1. The number of carboxylic acid groups (broad SMARTS) is 1. The fourth-order valence-corrected chi connectivity index (χ4v) is 2.85. The van der Waals surface area contributed by atoms with Gasteiger partial charge in [-0.3, -0.25) is 14.9 Å². The first kappa shape index (κ1) is 18.5. The molecule has 3 rings (SSSR count). The van der Waals surface area contributed by atoms with Crippen LogP contribution in [-0.2, 0) is 15.8 Å². The number of aliphatic carboxylic acids is 1. The van der Waals surface area contributed by atoms with E-state index in [9.17, 15) is 27.6 Å². The summed E-state index contributed by atoms with van der Waals surface area (Å²) in [5, 5.41) is 13.8. The van der Waals surface area contributed by atoms with Crippen LogP contribution < -0.4 is 10.6 Å². The average Bonchev–Trinajstić information content (AvgIpc) is 2.90. The summed E-state index contributed by atoms with van der Waals surface area (Å²) in [6.45, 7) is -0.637. The maximum Gasteiger partial charge on any atom is 0.416 e. The number of rotatable bonds is 3. The topological polar surface area (TPSA) is 114 Å². The van der Waals surface area contributed by atoms with Crippen molar-refractivity contribution in [1.29, 1.82) is 0 Å². The van der Waals surface area contributed by atoms with Crippen LogP contribution in [0.5, 0.6) is 0 Å². The number of carbonyl (C=O) groups excluding carboxylic acids is 2. The lowest BCUT2D eigenvalue weighted by atomic mass is 10.1. The van der Waals surface area contributed by atoms with Crippen molar-refractivity contribution in [3.63, 3.8) is 0 Å². The molecule has 9 nitrogen and oxygen atoms in total. The summed E-state index contributed by atoms with van der Waals surface area (Å²) in [4.78, 5) is 41.4. The van der Waals surface area contributed by atoms with Crippen LogP contribution in [0.1, 0.15) is 5.56 Å². The van der Waals surface area contributed by atoms with Gasteiger partial charge in [-0.05, 0) is 18.2 Å². The van der Waals surface area contributed by atoms with Gasteiger partial charge in [-0.25, -0.2) is 9.79 Å². The minimum atomic E-state index is -4.56. The number of aliphatic imine (C=N–C) groups is 1. The minimum absolute atomic E-state index is 0.00648. The second kappa shape index (κ2) is 6.45. The molecule has 2 unspecified atom stereocenters. The van der Waals surface area contributed by atoms with Crippen molar-refractivity contribution < 1.29 is 32.7 Å². The highest BCUT2D eigenvalue weighted by atomic mass is 19.4. The van der Waals surface area contributed by atoms with Crippen molar-refractivity contribution >= 4 is 29.6 Å². The lowest BCUT2D eigenvalue weighted by Gasteiger charge is -2.35. The lowest BCUT2D eigenvalue weighted by molar-refractivity contribution is -0.139. The minimum Gasteiger partial charge on any atom is -0.480 e. The molecule has 0 aliphatic carbocycles. The van der Waals surface area contributed by atoms with Gasteiger partial charge in [-0.2, -0.15) is 13.2 Å². The molecule has 2 aliphatic rings. The maximum absolute atomic E-state index is 12.9. The number of benzene rings is 1. The maximum atomic E-state index is 12.9. The van der Waals surface area contributed by atoms with Gasteiger partial charge < -0.3 is 20.2 Å². The van der Waals surface area contributed by atoms with E-state index < -0.39 is 48.4 Å². The van der Waals surface area contributed by atoms with Crippen LogP contribution in [0.15, 0.2) is 29.3 Å². The first-order valence-electron chi connectivity index (χ1n) is 7.66. The number of amides is 3. The fraction of sp³-hybridized carbons (Fsp3) is 0.333. The van der Waals surface area contributed by atoms with Gasteiger partial charge in [0, 0.05) is 12.7 Å². The number of hydrogen-bond donors (Lipinski definition) is 3. The van der Waals surface area contributed by atoms with Gasteiger partial charge in [-0.1, -0.05) is 6.07 Å². The Kier molecular flexibility index (Phi) is 4.41. The van der Waals surface area contributed by atoms with E-state index in [4.69, 9.17) is 5.11 Å². The smallest absolute Gasteiger partial charge is 0.416 e. The summed E-state index contributed by atoms with van der Waals surface area (Å²) < 4.78 is 38.6. The third-order valence-electron chi connectivity index (χ3n) is 4.11. The second-order valence-corrected chi connectivity index (χ2v) is 5.94. The molecule has 0 aromatic heterocycles. The molecule has 2 aliphatic heterocycles. The molecule has 3 N–H and O–H groups in total. The third-order valence-corrected chi connectivity index (χ3v) is 4.11. The molecule has 0 saturated carbocycles. The van der Waals surface area contributed by atoms with Crippen molar-refractivity contribution in [2.45, 2.75) is 18.4 Å².